The number of hydrogen-bond acceptors (Lipinski definition) is 5. The van der Waals surface area contributed by atoms with Gasteiger partial charge in [-0.25, -0.2) is 4.79 Å². The molecule has 0 spiro atoms. The van der Waals surface area contributed by atoms with Gasteiger partial charge in [-0.15, -0.1) is 0 Å². The Balaban J connectivity index is 1.91. The normalized spacial score (nSPS) is 11.7. The quantitative estimate of drug-likeness (QED) is 0.572. The highest BCUT2D eigenvalue weighted by Gasteiger charge is 2.16. The van der Waals surface area contributed by atoms with E-state index in [1.165, 1.54) is 27.2 Å². The summed E-state index contributed by atoms with van der Waals surface area (Å²) in [7, 11) is 3.06. The number of hydrogen-bond donors (Lipinski definition) is 1. The van der Waals surface area contributed by atoms with Crippen LogP contribution in [0, 0.1) is 0 Å². The molecule has 1 N–H and O–H groups in total. The number of para-hydroxylation sites is 1. The van der Waals surface area contributed by atoms with Crippen LogP contribution in [0.4, 0.5) is 0 Å². The van der Waals surface area contributed by atoms with Crippen molar-refractivity contribution < 1.29 is 23.8 Å². The molecule has 0 aliphatic carbocycles. The zero-order valence-corrected chi connectivity index (χ0v) is 15.6. The lowest BCUT2D eigenvalue weighted by Crippen LogP contribution is -2.35. The summed E-state index contributed by atoms with van der Waals surface area (Å²) in [4.78, 5) is 24.1. The minimum absolute atomic E-state index is 0.362. The summed E-state index contributed by atoms with van der Waals surface area (Å²) >= 11 is 0. The molecule has 0 unspecified atom stereocenters. The van der Waals surface area contributed by atoms with Crippen LogP contribution < -0.4 is 14.8 Å². The molecule has 0 radical (unpaired) electrons. The van der Waals surface area contributed by atoms with Gasteiger partial charge < -0.3 is 19.5 Å². The molecule has 0 heterocycles. The molecule has 0 bridgehead atoms. The van der Waals surface area contributed by atoms with Crippen molar-refractivity contribution in [3.63, 3.8) is 0 Å². The summed E-state index contributed by atoms with van der Waals surface area (Å²) in [6.45, 7) is 1.90. The van der Waals surface area contributed by atoms with Gasteiger partial charge in [0.2, 0.25) is 0 Å². The van der Waals surface area contributed by atoms with Crippen LogP contribution in [0.1, 0.15) is 18.1 Å². The second-order valence-corrected chi connectivity index (χ2v) is 5.70. The molecule has 6 heteroatoms. The number of esters is 1. The van der Waals surface area contributed by atoms with Crippen molar-refractivity contribution in [1.29, 1.82) is 0 Å². The maximum Gasteiger partial charge on any atom is 0.331 e. The summed E-state index contributed by atoms with van der Waals surface area (Å²) < 4.78 is 15.7. The van der Waals surface area contributed by atoms with E-state index in [0.717, 1.165) is 5.56 Å². The Kier molecular flexibility index (Phi) is 7.43. The third kappa shape index (κ3) is 5.88. The van der Waals surface area contributed by atoms with Gasteiger partial charge in [-0.2, -0.15) is 0 Å². The van der Waals surface area contributed by atoms with E-state index in [2.05, 4.69) is 5.32 Å². The molecule has 0 saturated heterocycles. The van der Waals surface area contributed by atoms with Crippen LogP contribution in [-0.2, 0) is 20.9 Å². The predicted molar refractivity (Wildman–Crippen MR) is 102 cm³/mol. The number of nitrogens with one attached hydrogen (secondary N) is 1. The van der Waals surface area contributed by atoms with Gasteiger partial charge in [0.25, 0.3) is 5.91 Å². The number of benzene rings is 2. The van der Waals surface area contributed by atoms with Gasteiger partial charge in [-0.05, 0) is 24.6 Å². The second kappa shape index (κ2) is 10.0. The van der Waals surface area contributed by atoms with Gasteiger partial charge in [-0.1, -0.05) is 42.5 Å². The molecule has 1 atom stereocenters. The molecular formula is C21H23NO5. The average Bonchev–Trinajstić information content (AvgIpc) is 2.70. The lowest BCUT2D eigenvalue weighted by molar-refractivity contribution is -0.150. The SMILES string of the molecule is COc1cccc(/C=C/C(=O)O[C@@H](C)C(=O)NCc2ccccc2)c1OC. The smallest absolute Gasteiger partial charge is 0.331 e. The highest BCUT2D eigenvalue weighted by Crippen LogP contribution is 2.31. The van der Waals surface area contributed by atoms with Gasteiger partial charge >= 0.3 is 5.97 Å². The van der Waals surface area contributed by atoms with Crippen LogP contribution in [-0.4, -0.2) is 32.2 Å². The summed E-state index contributed by atoms with van der Waals surface area (Å²) in [6, 6.07) is 14.8. The van der Waals surface area contributed by atoms with Gasteiger partial charge in [0.15, 0.2) is 17.6 Å². The van der Waals surface area contributed by atoms with E-state index >= 15 is 0 Å². The zero-order valence-electron chi connectivity index (χ0n) is 15.6. The highest BCUT2D eigenvalue weighted by molar-refractivity contribution is 5.90. The van der Waals surface area contributed by atoms with Crippen molar-refractivity contribution in [1.82, 2.24) is 5.32 Å². The first-order chi connectivity index (χ1) is 13.0. The first-order valence-corrected chi connectivity index (χ1v) is 8.46. The largest absolute Gasteiger partial charge is 0.493 e. The number of ether oxygens (including phenoxy) is 3. The molecule has 0 aliphatic rings. The molecule has 6 nitrogen and oxygen atoms in total. The highest BCUT2D eigenvalue weighted by atomic mass is 16.5. The summed E-state index contributed by atoms with van der Waals surface area (Å²) in [6.07, 6.45) is 1.90. The van der Waals surface area contributed by atoms with Crippen LogP contribution in [0.2, 0.25) is 0 Å². The molecule has 2 rings (SSSR count). The third-order valence-electron chi connectivity index (χ3n) is 3.80. The van der Waals surface area contributed by atoms with E-state index in [0.29, 0.717) is 23.6 Å². The lowest BCUT2D eigenvalue weighted by atomic mass is 10.1. The van der Waals surface area contributed by atoms with Crippen molar-refractivity contribution in [2.24, 2.45) is 0 Å². The zero-order chi connectivity index (χ0) is 19.6. The number of methoxy groups -OCH3 is 2. The number of amides is 1. The Labute approximate surface area is 158 Å². The molecule has 2 aromatic rings. The fourth-order valence-corrected chi connectivity index (χ4v) is 2.40. The van der Waals surface area contributed by atoms with Crippen molar-refractivity contribution in [3.05, 3.63) is 65.7 Å². The first kappa shape index (κ1) is 20.0. The molecule has 1 amide bonds. The topological polar surface area (TPSA) is 73.9 Å². The number of rotatable bonds is 8. The fourth-order valence-electron chi connectivity index (χ4n) is 2.40. The predicted octanol–water partition coefficient (Wildman–Crippen LogP) is 2.97. The minimum atomic E-state index is -0.905. The van der Waals surface area contributed by atoms with Crippen LogP contribution >= 0.6 is 0 Å². The first-order valence-electron chi connectivity index (χ1n) is 8.46. The molecular weight excluding hydrogens is 346 g/mol. The maximum atomic E-state index is 12.1. The molecule has 0 saturated carbocycles. The molecule has 0 fully saturated rings. The van der Waals surface area contributed by atoms with Gasteiger partial charge in [0, 0.05) is 18.2 Å². The van der Waals surface area contributed by atoms with Crippen molar-refractivity contribution in [3.8, 4) is 11.5 Å². The Morgan fingerprint density at radius 2 is 1.78 bits per heavy atom. The summed E-state index contributed by atoms with van der Waals surface area (Å²) in [5.41, 5.74) is 1.63. The van der Waals surface area contributed by atoms with Crippen molar-refractivity contribution >= 4 is 18.0 Å². The van der Waals surface area contributed by atoms with Crippen LogP contribution in [0.25, 0.3) is 6.08 Å². The monoisotopic (exact) mass is 369 g/mol. The third-order valence-corrected chi connectivity index (χ3v) is 3.80. The standard InChI is InChI=1S/C21H23NO5/c1-15(21(24)22-14-16-8-5-4-6-9-16)27-19(23)13-12-17-10-7-11-18(25-2)20(17)26-3/h4-13,15H,14H2,1-3H3,(H,22,24)/b13-12+/t15-/m0/s1. The van der Waals surface area contributed by atoms with Crippen molar-refractivity contribution in [2.45, 2.75) is 19.6 Å². The molecule has 27 heavy (non-hydrogen) atoms. The van der Waals surface area contributed by atoms with E-state index < -0.39 is 12.1 Å². The maximum absolute atomic E-state index is 12.1. The molecule has 2 aromatic carbocycles. The Bertz CT molecular complexity index is 801. The molecule has 0 aromatic heterocycles. The number of carbonyl (C=O) groups is 2. The molecule has 0 aliphatic heterocycles. The second-order valence-electron chi connectivity index (χ2n) is 5.70. The fraction of sp³-hybridized carbons (Fsp3) is 0.238. The Morgan fingerprint density at radius 3 is 2.44 bits per heavy atom. The van der Waals surface area contributed by atoms with E-state index in [-0.39, 0.29) is 5.91 Å². The lowest BCUT2D eigenvalue weighted by Gasteiger charge is -2.12. The van der Waals surface area contributed by atoms with E-state index in [1.807, 2.05) is 30.3 Å². The Hall–Kier alpha value is -3.28. The van der Waals surface area contributed by atoms with Crippen molar-refractivity contribution in [2.75, 3.05) is 14.2 Å². The van der Waals surface area contributed by atoms with Crippen LogP contribution in [0.15, 0.2) is 54.6 Å². The Morgan fingerprint density at radius 1 is 1.04 bits per heavy atom. The van der Waals surface area contributed by atoms with Gasteiger partial charge in [0.05, 0.1) is 14.2 Å². The summed E-state index contributed by atoms with van der Waals surface area (Å²) in [5, 5.41) is 2.73. The van der Waals surface area contributed by atoms with E-state index in [1.54, 1.807) is 24.3 Å². The number of carbonyl (C=O) groups excluding carboxylic acids is 2. The molecule has 142 valence electrons. The van der Waals surface area contributed by atoms with Crippen LogP contribution in [0.3, 0.4) is 0 Å². The summed E-state index contributed by atoms with van der Waals surface area (Å²) in [5.74, 6) is 0.0844. The van der Waals surface area contributed by atoms with Gasteiger partial charge in [0.1, 0.15) is 0 Å². The average molecular weight is 369 g/mol. The van der Waals surface area contributed by atoms with E-state index in [4.69, 9.17) is 14.2 Å². The van der Waals surface area contributed by atoms with E-state index in [9.17, 15) is 9.59 Å². The van der Waals surface area contributed by atoms with Crippen LogP contribution in [0.5, 0.6) is 11.5 Å². The van der Waals surface area contributed by atoms with Gasteiger partial charge in [-0.3, -0.25) is 4.79 Å². The minimum Gasteiger partial charge on any atom is -0.493 e.